The number of nitrogens with zero attached hydrogens (tertiary/aromatic N) is 4. The van der Waals surface area contributed by atoms with Crippen molar-refractivity contribution in [3.63, 3.8) is 0 Å². The van der Waals surface area contributed by atoms with Crippen LogP contribution in [0.25, 0.3) is 0 Å². The van der Waals surface area contributed by atoms with Gasteiger partial charge in [-0.1, -0.05) is 0 Å². The van der Waals surface area contributed by atoms with Crippen LogP contribution in [0, 0.1) is 17.0 Å². The fourth-order valence-corrected chi connectivity index (χ4v) is 1.72. The average molecular weight is 275 g/mol. The third-order valence-corrected chi connectivity index (χ3v) is 2.65. The van der Waals surface area contributed by atoms with Crippen molar-refractivity contribution < 1.29 is 10.0 Å². The van der Waals surface area contributed by atoms with E-state index in [0.29, 0.717) is 5.69 Å². The van der Waals surface area contributed by atoms with Crippen LogP contribution in [0.3, 0.4) is 0 Å². The molecule has 0 amide bonds. The summed E-state index contributed by atoms with van der Waals surface area (Å²) in [4.78, 5) is 10.5. The number of hydrazone groups is 1. The summed E-state index contributed by atoms with van der Waals surface area (Å²) in [5, 5.41) is 28.0. The van der Waals surface area contributed by atoms with Crippen LogP contribution < -0.4 is 5.43 Å². The highest BCUT2D eigenvalue weighted by atomic mass is 16.6. The number of hydrogen-bond acceptors (Lipinski definition) is 6. The number of aromatic hydroxyl groups is 1. The Morgan fingerprint density at radius 2 is 2.10 bits per heavy atom. The van der Waals surface area contributed by atoms with Crippen molar-refractivity contribution in [3.05, 3.63) is 45.6 Å². The maximum atomic E-state index is 11.0. The number of rotatable bonds is 4. The van der Waals surface area contributed by atoms with E-state index in [1.807, 2.05) is 0 Å². The molecule has 1 aromatic carbocycles. The standard InChI is InChI=1S/C12H13N5O3/c1-8-11(17(19)20)12(16(2)15-8)14-13-7-9-3-5-10(18)6-4-9/h3-7,14,18H,1-2H3. The van der Waals surface area contributed by atoms with Crippen LogP contribution in [0.15, 0.2) is 29.4 Å². The molecule has 0 atom stereocenters. The van der Waals surface area contributed by atoms with Gasteiger partial charge in [0.05, 0.1) is 11.1 Å². The summed E-state index contributed by atoms with van der Waals surface area (Å²) in [7, 11) is 1.60. The molecule has 2 N–H and O–H groups in total. The summed E-state index contributed by atoms with van der Waals surface area (Å²) in [5.41, 5.74) is 3.58. The first-order valence-corrected chi connectivity index (χ1v) is 5.75. The lowest BCUT2D eigenvalue weighted by Crippen LogP contribution is -2.01. The van der Waals surface area contributed by atoms with E-state index in [0.717, 1.165) is 5.56 Å². The largest absolute Gasteiger partial charge is 0.508 e. The maximum Gasteiger partial charge on any atom is 0.335 e. The quantitative estimate of drug-likeness (QED) is 0.502. The topological polar surface area (TPSA) is 106 Å². The molecular formula is C12H13N5O3. The molecule has 0 spiro atoms. The van der Waals surface area contributed by atoms with Crippen molar-refractivity contribution in [2.45, 2.75) is 6.92 Å². The zero-order valence-corrected chi connectivity index (χ0v) is 10.9. The average Bonchev–Trinajstić information content (AvgIpc) is 2.66. The molecule has 0 saturated carbocycles. The summed E-state index contributed by atoms with van der Waals surface area (Å²) in [5.74, 6) is 0.371. The number of aromatic nitrogens is 2. The molecule has 1 aromatic heterocycles. The Bertz CT molecular complexity index is 660. The highest BCUT2D eigenvalue weighted by Gasteiger charge is 2.23. The molecule has 0 aliphatic rings. The fourth-order valence-electron chi connectivity index (χ4n) is 1.72. The molecular weight excluding hydrogens is 262 g/mol. The molecule has 8 heteroatoms. The van der Waals surface area contributed by atoms with Crippen LogP contribution in [0.1, 0.15) is 11.3 Å². The predicted octanol–water partition coefficient (Wildman–Crippen LogP) is 1.79. The summed E-state index contributed by atoms with van der Waals surface area (Å²) in [6.07, 6.45) is 1.49. The molecule has 2 rings (SSSR count). The second kappa shape index (κ2) is 5.39. The van der Waals surface area contributed by atoms with Gasteiger partial charge in [-0.15, -0.1) is 0 Å². The van der Waals surface area contributed by atoms with Crippen LogP contribution in [-0.4, -0.2) is 26.0 Å². The first kappa shape index (κ1) is 13.5. The SMILES string of the molecule is Cc1nn(C)c(NN=Cc2ccc(O)cc2)c1[N+](=O)[O-]. The van der Waals surface area contributed by atoms with Gasteiger partial charge in [0, 0.05) is 7.05 Å². The lowest BCUT2D eigenvalue weighted by atomic mass is 10.2. The predicted molar refractivity (Wildman–Crippen MR) is 73.9 cm³/mol. The Labute approximate surface area is 114 Å². The summed E-state index contributed by atoms with van der Waals surface area (Å²) < 4.78 is 1.36. The van der Waals surface area contributed by atoms with E-state index >= 15 is 0 Å². The van der Waals surface area contributed by atoms with Crippen LogP contribution >= 0.6 is 0 Å². The Balaban J connectivity index is 2.19. The maximum absolute atomic E-state index is 11.0. The first-order valence-electron chi connectivity index (χ1n) is 5.75. The summed E-state index contributed by atoms with van der Waals surface area (Å²) in [6, 6.07) is 6.39. The monoisotopic (exact) mass is 275 g/mol. The molecule has 8 nitrogen and oxygen atoms in total. The Hall–Kier alpha value is -2.90. The minimum atomic E-state index is -0.499. The van der Waals surface area contributed by atoms with Crippen molar-refractivity contribution in [1.29, 1.82) is 0 Å². The number of phenols is 1. The van der Waals surface area contributed by atoms with Crippen molar-refractivity contribution in [2.24, 2.45) is 12.1 Å². The van der Waals surface area contributed by atoms with Crippen molar-refractivity contribution in [3.8, 4) is 5.75 Å². The van der Waals surface area contributed by atoms with Gasteiger partial charge in [-0.3, -0.25) is 15.5 Å². The van der Waals surface area contributed by atoms with Crippen LogP contribution in [-0.2, 0) is 7.05 Å². The minimum absolute atomic E-state index is 0.102. The number of aryl methyl sites for hydroxylation is 2. The molecule has 0 fully saturated rings. The van der Waals surface area contributed by atoms with E-state index in [-0.39, 0.29) is 17.3 Å². The Morgan fingerprint density at radius 3 is 2.70 bits per heavy atom. The normalized spacial score (nSPS) is 10.9. The number of nitro groups is 1. The molecule has 20 heavy (non-hydrogen) atoms. The molecule has 0 aliphatic heterocycles. The van der Waals surface area contributed by atoms with Gasteiger partial charge in [-0.25, -0.2) is 4.68 Å². The van der Waals surface area contributed by atoms with Crippen molar-refractivity contribution in [2.75, 3.05) is 5.43 Å². The van der Waals surface area contributed by atoms with Gasteiger partial charge in [0.1, 0.15) is 11.4 Å². The minimum Gasteiger partial charge on any atom is -0.508 e. The molecule has 1 heterocycles. The van der Waals surface area contributed by atoms with Gasteiger partial charge in [0.25, 0.3) is 0 Å². The smallest absolute Gasteiger partial charge is 0.335 e. The van der Waals surface area contributed by atoms with E-state index in [4.69, 9.17) is 5.11 Å². The third-order valence-electron chi connectivity index (χ3n) is 2.65. The van der Waals surface area contributed by atoms with Crippen LogP contribution in [0.5, 0.6) is 5.75 Å². The molecule has 2 aromatic rings. The van der Waals surface area contributed by atoms with E-state index in [9.17, 15) is 10.1 Å². The second-order valence-corrected chi connectivity index (χ2v) is 4.12. The van der Waals surface area contributed by atoms with Gasteiger partial charge in [-0.05, 0) is 36.8 Å². The highest BCUT2D eigenvalue weighted by molar-refractivity contribution is 5.80. The number of nitrogens with one attached hydrogen (secondary N) is 1. The lowest BCUT2D eigenvalue weighted by Gasteiger charge is -2.00. The van der Waals surface area contributed by atoms with Crippen molar-refractivity contribution in [1.82, 2.24) is 9.78 Å². The number of benzene rings is 1. The van der Waals surface area contributed by atoms with Gasteiger partial charge in [0.15, 0.2) is 0 Å². The number of hydrogen-bond donors (Lipinski definition) is 2. The van der Waals surface area contributed by atoms with Crippen LogP contribution in [0.2, 0.25) is 0 Å². The molecule has 0 aliphatic carbocycles. The van der Waals surface area contributed by atoms with E-state index in [2.05, 4.69) is 15.6 Å². The van der Waals surface area contributed by atoms with E-state index in [1.165, 1.54) is 23.0 Å². The van der Waals surface area contributed by atoms with Gasteiger partial charge in [-0.2, -0.15) is 10.2 Å². The first-order chi connectivity index (χ1) is 9.49. The zero-order chi connectivity index (χ0) is 14.7. The van der Waals surface area contributed by atoms with Crippen LogP contribution in [0.4, 0.5) is 11.5 Å². The third kappa shape index (κ3) is 2.74. The molecule has 0 saturated heterocycles. The molecule has 0 unspecified atom stereocenters. The van der Waals surface area contributed by atoms with Gasteiger partial charge in [0.2, 0.25) is 5.82 Å². The van der Waals surface area contributed by atoms with E-state index in [1.54, 1.807) is 26.1 Å². The summed E-state index contributed by atoms with van der Waals surface area (Å²) in [6.45, 7) is 1.56. The van der Waals surface area contributed by atoms with Crippen molar-refractivity contribution >= 4 is 17.7 Å². The second-order valence-electron chi connectivity index (χ2n) is 4.12. The Kier molecular flexibility index (Phi) is 3.65. The van der Waals surface area contributed by atoms with Gasteiger partial charge < -0.3 is 5.11 Å². The van der Waals surface area contributed by atoms with E-state index < -0.39 is 4.92 Å². The lowest BCUT2D eigenvalue weighted by molar-refractivity contribution is -0.384. The zero-order valence-electron chi connectivity index (χ0n) is 10.9. The number of phenolic OH excluding ortho intramolecular Hbond substituents is 1. The Morgan fingerprint density at radius 1 is 1.45 bits per heavy atom. The number of anilines is 1. The fraction of sp³-hybridized carbons (Fsp3) is 0.167. The molecule has 0 bridgehead atoms. The molecule has 104 valence electrons. The summed E-state index contributed by atoms with van der Waals surface area (Å²) >= 11 is 0. The van der Waals surface area contributed by atoms with Gasteiger partial charge >= 0.3 is 5.69 Å². The molecule has 0 radical (unpaired) electrons. The highest BCUT2D eigenvalue weighted by Crippen LogP contribution is 2.27.